The van der Waals surface area contributed by atoms with Gasteiger partial charge in [-0.2, -0.15) is 0 Å². The van der Waals surface area contributed by atoms with E-state index in [1.807, 2.05) is 24.3 Å². The highest BCUT2D eigenvalue weighted by atomic mass is 16.7. The number of rotatable bonds is 7. The molecule has 0 saturated carbocycles. The Hall–Kier alpha value is -1.10. The molecule has 4 nitrogen and oxygen atoms in total. The second-order valence-corrected chi connectivity index (χ2v) is 3.03. The molecule has 4 heteroatoms. The fraction of sp³-hybridized carbons (Fsp3) is 0.455. The second-order valence-electron chi connectivity index (χ2n) is 3.03. The minimum Gasteiger partial charge on any atom is -0.497 e. The molecule has 0 saturated heterocycles. The van der Waals surface area contributed by atoms with Crippen LogP contribution in [-0.4, -0.2) is 27.7 Å². The zero-order valence-corrected chi connectivity index (χ0v) is 9.16. The molecule has 0 unspecified atom stereocenters. The third kappa shape index (κ3) is 4.78. The number of nitrogens with one attached hydrogen (secondary N) is 1. The summed E-state index contributed by atoms with van der Waals surface area (Å²) >= 11 is 0. The molecule has 1 aromatic rings. The van der Waals surface area contributed by atoms with Gasteiger partial charge in [-0.3, -0.25) is 5.32 Å². The maximum atomic E-state index is 5.12. The van der Waals surface area contributed by atoms with Crippen LogP contribution in [0.3, 0.4) is 0 Å². The van der Waals surface area contributed by atoms with Crippen LogP contribution in [0.25, 0.3) is 0 Å². The molecule has 0 aliphatic carbocycles. The van der Waals surface area contributed by atoms with Gasteiger partial charge in [0.15, 0.2) is 0 Å². The summed E-state index contributed by atoms with van der Waals surface area (Å²) in [6, 6.07) is 7.91. The van der Waals surface area contributed by atoms with Crippen LogP contribution in [-0.2, 0) is 16.0 Å². The van der Waals surface area contributed by atoms with E-state index in [4.69, 9.17) is 14.2 Å². The zero-order valence-electron chi connectivity index (χ0n) is 9.16. The summed E-state index contributed by atoms with van der Waals surface area (Å²) in [5.41, 5.74) is 1.16. The van der Waals surface area contributed by atoms with Gasteiger partial charge in [-0.1, -0.05) is 12.1 Å². The Morgan fingerprint density at radius 1 is 1.27 bits per heavy atom. The van der Waals surface area contributed by atoms with Gasteiger partial charge in [0.1, 0.15) is 12.5 Å². The van der Waals surface area contributed by atoms with Crippen LogP contribution in [0.1, 0.15) is 5.56 Å². The van der Waals surface area contributed by atoms with Crippen molar-refractivity contribution in [2.45, 2.75) is 6.54 Å². The summed E-state index contributed by atoms with van der Waals surface area (Å²) < 4.78 is 15.0. The molecule has 1 aromatic carbocycles. The van der Waals surface area contributed by atoms with Crippen molar-refractivity contribution in [1.29, 1.82) is 0 Å². The van der Waals surface area contributed by atoms with Crippen LogP contribution in [0.15, 0.2) is 24.3 Å². The Balaban J connectivity index is 2.24. The number of ether oxygens (including phenoxy) is 3. The topological polar surface area (TPSA) is 39.7 Å². The molecule has 84 valence electrons. The van der Waals surface area contributed by atoms with Crippen molar-refractivity contribution in [1.82, 2.24) is 5.32 Å². The molecule has 0 spiro atoms. The van der Waals surface area contributed by atoms with Crippen molar-refractivity contribution < 1.29 is 14.2 Å². The van der Waals surface area contributed by atoms with Crippen molar-refractivity contribution in [3.63, 3.8) is 0 Å². The van der Waals surface area contributed by atoms with Crippen molar-refractivity contribution in [2.24, 2.45) is 0 Å². The number of hydrogen-bond acceptors (Lipinski definition) is 4. The predicted molar refractivity (Wildman–Crippen MR) is 57.7 cm³/mol. The van der Waals surface area contributed by atoms with Gasteiger partial charge in [0.2, 0.25) is 0 Å². The molecule has 0 aliphatic rings. The molecule has 0 bridgehead atoms. The largest absolute Gasteiger partial charge is 0.497 e. The summed E-state index contributed by atoms with van der Waals surface area (Å²) in [6.07, 6.45) is 0. The quantitative estimate of drug-likeness (QED) is 0.546. The first kappa shape index (κ1) is 12.0. The molecule has 0 amide bonds. The first-order chi connectivity index (χ1) is 7.36. The molecule has 0 atom stereocenters. The highest BCUT2D eigenvalue weighted by molar-refractivity contribution is 5.28. The lowest BCUT2D eigenvalue weighted by Crippen LogP contribution is -2.18. The molecule has 1 rings (SSSR count). The third-order valence-corrected chi connectivity index (χ3v) is 1.87. The van der Waals surface area contributed by atoms with Crippen LogP contribution in [0.5, 0.6) is 5.75 Å². The van der Waals surface area contributed by atoms with E-state index in [1.165, 1.54) is 0 Å². The van der Waals surface area contributed by atoms with Crippen LogP contribution in [0, 0.1) is 0 Å². The monoisotopic (exact) mass is 211 g/mol. The molecule has 15 heavy (non-hydrogen) atoms. The average Bonchev–Trinajstić information content (AvgIpc) is 2.29. The summed E-state index contributed by atoms with van der Waals surface area (Å²) in [5.74, 6) is 0.868. The van der Waals surface area contributed by atoms with E-state index in [9.17, 15) is 0 Å². The Morgan fingerprint density at radius 3 is 2.87 bits per heavy atom. The summed E-state index contributed by atoms with van der Waals surface area (Å²) in [5, 5.41) is 3.13. The maximum Gasteiger partial charge on any atom is 0.148 e. The lowest BCUT2D eigenvalue weighted by atomic mass is 10.2. The summed E-state index contributed by atoms with van der Waals surface area (Å²) in [6.45, 7) is 1.54. The van der Waals surface area contributed by atoms with Crippen LogP contribution < -0.4 is 10.1 Å². The number of hydrogen-bond donors (Lipinski definition) is 1. The minimum atomic E-state index is 0.311. The fourth-order valence-corrected chi connectivity index (χ4v) is 1.17. The normalized spacial score (nSPS) is 10.3. The maximum absolute atomic E-state index is 5.12. The van der Waals surface area contributed by atoms with Gasteiger partial charge in [-0.15, -0.1) is 0 Å². The lowest BCUT2D eigenvalue weighted by Gasteiger charge is -2.06. The first-order valence-corrected chi connectivity index (χ1v) is 4.77. The van der Waals surface area contributed by atoms with Crippen molar-refractivity contribution in [3.05, 3.63) is 29.8 Å². The zero-order chi connectivity index (χ0) is 10.9. The Morgan fingerprint density at radius 2 is 2.13 bits per heavy atom. The number of methoxy groups -OCH3 is 2. The minimum absolute atomic E-state index is 0.311. The van der Waals surface area contributed by atoms with Crippen LogP contribution in [0.4, 0.5) is 0 Å². The van der Waals surface area contributed by atoms with Gasteiger partial charge in [-0.05, 0) is 17.7 Å². The smallest absolute Gasteiger partial charge is 0.148 e. The van der Waals surface area contributed by atoms with E-state index >= 15 is 0 Å². The highest BCUT2D eigenvalue weighted by Gasteiger charge is 1.94. The van der Waals surface area contributed by atoms with Gasteiger partial charge in [0.25, 0.3) is 0 Å². The Labute approximate surface area is 90.1 Å². The lowest BCUT2D eigenvalue weighted by molar-refractivity contribution is -0.0377. The number of benzene rings is 1. The molecule has 0 heterocycles. The predicted octanol–water partition coefficient (Wildman–Crippen LogP) is 1.36. The SMILES string of the molecule is COCOCNCc1cccc(OC)c1. The van der Waals surface area contributed by atoms with E-state index in [0.29, 0.717) is 13.5 Å². The molecule has 0 radical (unpaired) electrons. The van der Waals surface area contributed by atoms with Crippen molar-refractivity contribution in [2.75, 3.05) is 27.7 Å². The highest BCUT2D eigenvalue weighted by Crippen LogP contribution is 2.11. The van der Waals surface area contributed by atoms with E-state index in [0.717, 1.165) is 17.9 Å². The molecular weight excluding hydrogens is 194 g/mol. The molecule has 1 N–H and O–H groups in total. The van der Waals surface area contributed by atoms with Crippen LogP contribution in [0.2, 0.25) is 0 Å². The Kier molecular flexibility index (Phi) is 5.77. The van der Waals surface area contributed by atoms with Gasteiger partial charge < -0.3 is 14.2 Å². The first-order valence-electron chi connectivity index (χ1n) is 4.77. The van der Waals surface area contributed by atoms with Gasteiger partial charge in [0.05, 0.1) is 13.8 Å². The fourth-order valence-electron chi connectivity index (χ4n) is 1.17. The molecule has 0 fully saturated rings. The molecular formula is C11H17NO3. The average molecular weight is 211 g/mol. The Bertz CT molecular complexity index is 278. The van der Waals surface area contributed by atoms with E-state index in [-0.39, 0.29) is 0 Å². The second kappa shape index (κ2) is 7.23. The molecule has 0 aromatic heterocycles. The van der Waals surface area contributed by atoms with E-state index in [1.54, 1.807) is 14.2 Å². The van der Waals surface area contributed by atoms with E-state index in [2.05, 4.69) is 5.32 Å². The van der Waals surface area contributed by atoms with Gasteiger partial charge >= 0.3 is 0 Å². The van der Waals surface area contributed by atoms with Gasteiger partial charge in [-0.25, -0.2) is 0 Å². The van der Waals surface area contributed by atoms with Crippen molar-refractivity contribution in [3.8, 4) is 5.75 Å². The van der Waals surface area contributed by atoms with Crippen LogP contribution >= 0.6 is 0 Å². The summed E-state index contributed by atoms with van der Waals surface area (Å²) in [4.78, 5) is 0. The van der Waals surface area contributed by atoms with E-state index < -0.39 is 0 Å². The standard InChI is InChI=1S/C11H17NO3/c1-13-9-15-8-12-7-10-4-3-5-11(6-10)14-2/h3-6,12H,7-9H2,1-2H3. The van der Waals surface area contributed by atoms with Gasteiger partial charge in [0, 0.05) is 13.7 Å². The molecule has 0 aliphatic heterocycles. The van der Waals surface area contributed by atoms with Crippen molar-refractivity contribution >= 4 is 0 Å². The third-order valence-electron chi connectivity index (χ3n) is 1.87. The summed E-state index contributed by atoms with van der Waals surface area (Å²) in [7, 11) is 3.26.